The van der Waals surface area contributed by atoms with Crippen LogP contribution >= 0.6 is 0 Å². The molecule has 3 rings (SSSR count). The van der Waals surface area contributed by atoms with Crippen molar-refractivity contribution in [3.05, 3.63) is 59.7 Å². The molecule has 1 aliphatic heterocycles. The van der Waals surface area contributed by atoms with E-state index in [1.54, 1.807) is 24.3 Å². The fourth-order valence-electron chi connectivity index (χ4n) is 3.09. The van der Waals surface area contributed by atoms with Gasteiger partial charge in [-0.25, -0.2) is 8.42 Å². The molecule has 1 aliphatic rings. The summed E-state index contributed by atoms with van der Waals surface area (Å²) < 4.78 is 32.0. The van der Waals surface area contributed by atoms with Gasteiger partial charge in [-0.2, -0.15) is 4.31 Å². The summed E-state index contributed by atoms with van der Waals surface area (Å²) in [4.78, 5) is 25.3. The van der Waals surface area contributed by atoms with Crippen LogP contribution in [0.1, 0.15) is 34.6 Å². The number of hydrogen-bond acceptors (Lipinski definition) is 5. The van der Waals surface area contributed by atoms with Gasteiger partial charge in [0, 0.05) is 25.2 Å². The van der Waals surface area contributed by atoms with Crippen LogP contribution in [-0.2, 0) is 14.8 Å². The van der Waals surface area contributed by atoms with E-state index in [1.807, 2.05) is 13.8 Å². The summed E-state index contributed by atoms with van der Waals surface area (Å²) in [6.45, 7) is 5.86. The van der Waals surface area contributed by atoms with Crippen molar-refractivity contribution in [2.75, 3.05) is 38.2 Å². The van der Waals surface area contributed by atoms with Crippen LogP contribution in [0.25, 0.3) is 0 Å². The van der Waals surface area contributed by atoms with Gasteiger partial charge in [-0.15, -0.1) is 0 Å². The van der Waals surface area contributed by atoms with Crippen LogP contribution in [0.3, 0.4) is 0 Å². The Kier molecular flexibility index (Phi) is 7.42. The predicted molar refractivity (Wildman–Crippen MR) is 118 cm³/mol. The summed E-state index contributed by atoms with van der Waals surface area (Å²) in [6.07, 6.45) is 0. The number of para-hydroxylation sites is 1. The molecule has 0 spiro atoms. The van der Waals surface area contributed by atoms with Gasteiger partial charge in [0.25, 0.3) is 11.8 Å². The maximum Gasteiger partial charge on any atom is 0.255 e. The van der Waals surface area contributed by atoms with Crippen LogP contribution in [0.4, 0.5) is 5.69 Å². The van der Waals surface area contributed by atoms with Gasteiger partial charge in [-0.3, -0.25) is 9.59 Å². The second-order valence-corrected chi connectivity index (χ2v) is 9.58. The topological polar surface area (TPSA) is 105 Å². The first kappa shape index (κ1) is 22.9. The van der Waals surface area contributed by atoms with Crippen LogP contribution in [0, 0.1) is 5.92 Å². The number of nitrogens with zero attached hydrogens (tertiary/aromatic N) is 1. The zero-order valence-electron chi connectivity index (χ0n) is 17.6. The molecule has 0 bridgehead atoms. The molecule has 1 saturated heterocycles. The van der Waals surface area contributed by atoms with Gasteiger partial charge in [-0.1, -0.05) is 26.0 Å². The maximum absolute atomic E-state index is 12.7. The van der Waals surface area contributed by atoms with E-state index in [1.165, 1.54) is 28.6 Å². The zero-order chi connectivity index (χ0) is 22.4. The summed E-state index contributed by atoms with van der Waals surface area (Å²) in [5, 5.41) is 5.58. The Morgan fingerprint density at radius 3 is 2.29 bits per heavy atom. The molecule has 2 aromatic rings. The molecule has 0 radical (unpaired) electrons. The Balaban J connectivity index is 1.72. The Morgan fingerprint density at radius 2 is 1.65 bits per heavy atom. The summed E-state index contributed by atoms with van der Waals surface area (Å²) >= 11 is 0. The van der Waals surface area contributed by atoms with Crippen molar-refractivity contribution >= 4 is 27.5 Å². The number of ether oxygens (including phenoxy) is 1. The average molecular weight is 446 g/mol. The predicted octanol–water partition coefficient (Wildman–Crippen LogP) is 2.35. The molecule has 0 aromatic heterocycles. The number of sulfonamides is 1. The number of amides is 2. The number of benzene rings is 2. The van der Waals surface area contributed by atoms with E-state index >= 15 is 0 Å². The molecular formula is C22H27N3O5S. The third-order valence-corrected chi connectivity index (χ3v) is 6.73. The first-order valence-electron chi connectivity index (χ1n) is 10.2. The number of carbonyl (C=O) groups excluding carboxylic acids is 2. The minimum atomic E-state index is -3.63. The molecule has 9 heteroatoms. The molecule has 0 aliphatic carbocycles. The molecule has 2 aromatic carbocycles. The van der Waals surface area contributed by atoms with Crippen LogP contribution < -0.4 is 10.6 Å². The van der Waals surface area contributed by atoms with E-state index < -0.39 is 15.9 Å². The number of carbonyl (C=O) groups is 2. The third kappa shape index (κ3) is 5.69. The van der Waals surface area contributed by atoms with E-state index in [0.29, 0.717) is 55.6 Å². The lowest BCUT2D eigenvalue weighted by molar-refractivity contribution is 0.0730. The third-order valence-electron chi connectivity index (χ3n) is 4.82. The molecule has 2 amide bonds. The van der Waals surface area contributed by atoms with E-state index in [0.717, 1.165) is 0 Å². The fourth-order valence-corrected chi connectivity index (χ4v) is 4.50. The lowest BCUT2D eigenvalue weighted by atomic mass is 10.1. The second-order valence-electron chi connectivity index (χ2n) is 7.64. The van der Waals surface area contributed by atoms with Gasteiger partial charge in [0.05, 0.1) is 29.4 Å². The molecule has 8 nitrogen and oxygen atoms in total. The largest absolute Gasteiger partial charge is 0.379 e. The first-order valence-corrected chi connectivity index (χ1v) is 11.6. The Labute approximate surface area is 182 Å². The first-order chi connectivity index (χ1) is 14.8. The van der Waals surface area contributed by atoms with Crippen molar-refractivity contribution < 1.29 is 22.7 Å². The van der Waals surface area contributed by atoms with E-state index in [9.17, 15) is 18.0 Å². The van der Waals surface area contributed by atoms with Crippen molar-refractivity contribution in [3.63, 3.8) is 0 Å². The molecular weight excluding hydrogens is 418 g/mol. The smallest absolute Gasteiger partial charge is 0.255 e. The monoisotopic (exact) mass is 445 g/mol. The van der Waals surface area contributed by atoms with Gasteiger partial charge in [0.15, 0.2) is 0 Å². The highest BCUT2D eigenvalue weighted by Crippen LogP contribution is 2.20. The normalized spacial score (nSPS) is 14.9. The van der Waals surface area contributed by atoms with Crippen molar-refractivity contribution in [1.29, 1.82) is 0 Å². The van der Waals surface area contributed by atoms with Gasteiger partial charge < -0.3 is 15.4 Å². The zero-order valence-corrected chi connectivity index (χ0v) is 18.4. The highest BCUT2D eigenvalue weighted by Gasteiger charge is 2.26. The summed E-state index contributed by atoms with van der Waals surface area (Å²) in [5.74, 6) is -0.394. The van der Waals surface area contributed by atoms with E-state index in [2.05, 4.69) is 10.6 Å². The molecule has 166 valence electrons. The number of hydrogen-bond donors (Lipinski definition) is 2. The molecule has 0 atom stereocenters. The lowest BCUT2D eigenvalue weighted by Crippen LogP contribution is -2.40. The van der Waals surface area contributed by atoms with Crippen LogP contribution in [0.2, 0.25) is 0 Å². The highest BCUT2D eigenvalue weighted by molar-refractivity contribution is 7.89. The van der Waals surface area contributed by atoms with Gasteiger partial charge in [0.1, 0.15) is 0 Å². The molecule has 1 heterocycles. The molecule has 1 fully saturated rings. The number of nitrogens with one attached hydrogen (secondary N) is 2. The van der Waals surface area contributed by atoms with Crippen LogP contribution in [0.15, 0.2) is 53.4 Å². The van der Waals surface area contributed by atoms with Gasteiger partial charge in [-0.05, 0) is 42.3 Å². The van der Waals surface area contributed by atoms with Gasteiger partial charge >= 0.3 is 0 Å². The minimum Gasteiger partial charge on any atom is -0.379 e. The second kappa shape index (κ2) is 10.0. The van der Waals surface area contributed by atoms with E-state index in [4.69, 9.17) is 4.74 Å². The SMILES string of the molecule is CC(C)CNC(=O)c1ccccc1NC(=O)c1ccc(S(=O)(=O)N2CCOCC2)cc1. The molecule has 0 unspecified atom stereocenters. The average Bonchev–Trinajstić information content (AvgIpc) is 2.78. The molecule has 2 N–H and O–H groups in total. The van der Waals surface area contributed by atoms with Crippen molar-refractivity contribution in [2.24, 2.45) is 5.92 Å². The summed E-state index contributed by atoms with van der Waals surface area (Å²) in [5.41, 5.74) is 1.04. The lowest BCUT2D eigenvalue weighted by Gasteiger charge is -2.26. The summed E-state index contributed by atoms with van der Waals surface area (Å²) in [6, 6.07) is 12.5. The number of anilines is 1. The maximum atomic E-state index is 12.7. The van der Waals surface area contributed by atoms with E-state index in [-0.39, 0.29) is 10.8 Å². The Morgan fingerprint density at radius 1 is 1.00 bits per heavy atom. The Bertz CT molecular complexity index is 1030. The molecule has 31 heavy (non-hydrogen) atoms. The van der Waals surface area contributed by atoms with Crippen LogP contribution in [0.5, 0.6) is 0 Å². The fraction of sp³-hybridized carbons (Fsp3) is 0.364. The van der Waals surface area contributed by atoms with Crippen LogP contribution in [-0.4, -0.2) is 57.4 Å². The summed E-state index contributed by atoms with van der Waals surface area (Å²) in [7, 11) is -3.63. The quantitative estimate of drug-likeness (QED) is 0.681. The number of rotatable bonds is 7. The minimum absolute atomic E-state index is 0.124. The number of morpholine rings is 1. The Hall–Kier alpha value is -2.75. The van der Waals surface area contributed by atoms with Gasteiger partial charge in [0.2, 0.25) is 10.0 Å². The van der Waals surface area contributed by atoms with Crippen molar-refractivity contribution in [2.45, 2.75) is 18.7 Å². The highest BCUT2D eigenvalue weighted by atomic mass is 32.2. The van der Waals surface area contributed by atoms with Crippen molar-refractivity contribution in [1.82, 2.24) is 9.62 Å². The standard InChI is InChI=1S/C22H27N3O5S/c1-16(2)15-23-22(27)19-5-3-4-6-20(19)24-21(26)17-7-9-18(10-8-17)31(28,29)25-11-13-30-14-12-25/h3-10,16H,11-15H2,1-2H3,(H,23,27)(H,24,26). The molecule has 0 saturated carbocycles. The van der Waals surface area contributed by atoms with Crippen molar-refractivity contribution in [3.8, 4) is 0 Å².